The molecule has 2 amide bonds. The van der Waals surface area contributed by atoms with Crippen molar-refractivity contribution < 1.29 is 14.3 Å². The quantitative estimate of drug-likeness (QED) is 0.721. The highest BCUT2D eigenvalue weighted by molar-refractivity contribution is 5.92. The number of para-hydroxylation sites is 1. The monoisotopic (exact) mass is 392 g/mol. The van der Waals surface area contributed by atoms with Gasteiger partial charge in [0.2, 0.25) is 5.91 Å². The van der Waals surface area contributed by atoms with E-state index in [1.165, 1.54) is 0 Å². The molecule has 0 bridgehead atoms. The molecule has 0 radical (unpaired) electrons. The number of pyridine rings is 1. The number of carbonyl (C=O) groups excluding carboxylic acids is 2. The van der Waals surface area contributed by atoms with Crippen LogP contribution in [0.25, 0.3) is 10.9 Å². The summed E-state index contributed by atoms with van der Waals surface area (Å²) in [6.45, 7) is 3.95. The fourth-order valence-corrected chi connectivity index (χ4v) is 3.56. The number of hydrogen-bond donors (Lipinski definition) is 1. The highest BCUT2D eigenvalue weighted by Gasteiger charge is 2.25. The molecule has 0 spiro atoms. The van der Waals surface area contributed by atoms with Crippen molar-refractivity contribution in [2.24, 2.45) is 0 Å². The third-order valence-electron chi connectivity index (χ3n) is 5.09. The van der Waals surface area contributed by atoms with Gasteiger partial charge in [-0.1, -0.05) is 24.3 Å². The topological polar surface area (TPSA) is 76.5 Å². The van der Waals surface area contributed by atoms with Gasteiger partial charge in [0.25, 0.3) is 5.91 Å². The number of amides is 2. The van der Waals surface area contributed by atoms with Gasteiger partial charge in [-0.3, -0.25) is 9.59 Å². The Morgan fingerprint density at radius 1 is 1.17 bits per heavy atom. The van der Waals surface area contributed by atoms with Crippen LogP contribution >= 0.6 is 0 Å². The van der Waals surface area contributed by atoms with E-state index in [2.05, 4.69) is 10.3 Å². The predicted molar refractivity (Wildman–Crippen MR) is 110 cm³/mol. The third-order valence-corrected chi connectivity index (χ3v) is 5.09. The number of aromatic nitrogens is 2. The summed E-state index contributed by atoms with van der Waals surface area (Å²) >= 11 is 0. The van der Waals surface area contributed by atoms with Gasteiger partial charge in [0, 0.05) is 37.0 Å². The maximum atomic E-state index is 12.8. The maximum absolute atomic E-state index is 12.8. The van der Waals surface area contributed by atoms with Crippen molar-refractivity contribution in [1.29, 1.82) is 0 Å². The number of hydrogen-bond acceptors (Lipinski definition) is 4. The molecule has 1 atom stereocenters. The molecule has 2 aromatic heterocycles. The Morgan fingerprint density at radius 3 is 2.90 bits per heavy atom. The number of aryl methyl sites for hydroxylation is 1. The Hall–Kier alpha value is -3.19. The van der Waals surface area contributed by atoms with Crippen molar-refractivity contribution in [2.75, 3.05) is 26.2 Å². The zero-order valence-electron chi connectivity index (χ0n) is 16.4. The first-order chi connectivity index (χ1) is 14.1. The highest BCUT2D eigenvalue weighted by Crippen LogP contribution is 2.16. The van der Waals surface area contributed by atoms with Gasteiger partial charge in [-0.15, -0.1) is 0 Å². The summed E-state index contributed by atoms with van der Waals surface area (Å²) in [5, 5.41) is 3.97. The lowest BCUT2D eigenvalue weighted by molar-refractivity contribution is -0.139. The van der Waals surface area contributed by atoms with E-state index in [-0.39, 0.29) is 17.9 Å². The largest absolute Gasteiger partial charge is 0.373 e. The molecule has 29 heavy (non-hydrogen) atoms. The lowest BCUT2D eigenvalue weighted by Crippen LogP contribution is -2.50. The first-order valence-electron chi connectivity index (χ1n) is 9.75. The lowest BCUT2D eigenvalue weighted by Gasteiger charge is -2.33. The van der Waals surface area contributed by atoms with Gasteiger partial charge in [-0.2, -0.15) is 0 Å². The second-order valence-electron chi connectivity index (χ2n) is 7.21. The molecule has 1 unspecified atom stereocenters. The second kappa shape index (κ2) is 8.45. The van der Waals surface area contributed by atoms with Crippen LogP contribution in [0.2, 0.25) is 0 Å². The standard InChI is InChI=1S/C22H24N4O3/c1-16-5-4-7-19(24-16)22(28)23-13-18-14-26(11-12-29-18)21(27)15-25-10-9-17-6-2-3-8-20(17)25/h2-10,18H,11-15H2,1H3,(H,23,28). The molecule has 3 heterocycles. The summed E-state index contributed by atoms with van der Waals surface area (Å²) in [6.07, 6.45) is 1.71. The highest BCUT2D eigenvalue weighted by atomic mass is 16.5. The summed E-state index contributed by atoms with van der Waals surface area (Å²) in [4.78, 5) is 31.1. The van der Waals surface area contributed by atoms with Crippen LogP contribution in [-0.2, 0) is 16.1 Å². The van der Waals surface area contributed by atoms with E-state index in [1.807, 2.05) is 54.1 Å². The van der Waals surface area contributed by atoms with Gasteiger partial charge < -0.3 is 19.5 Å². The SMILES string of the molecule is Cc1cccc(C(=O)NCC2CN(C(=O)Cn3ccc4ccccc43)CCO2)n1. The average Bonchev–Trinajstić information content (AvgIpc) is 3.15. The van der Waals surface area contributed by atoms with E-state index in [0.717, 1.165) is 16.6 Å². The summed E-state index contributed by atoms with van der Waals surface area (Å²) < 4.78 is 7.70. The van der Waals surface area contributed by atoms with Crippen molar-refractivity contribution in [3.05, 3.63) is 66.1 Å². The molecule has 7 nitrogen and oxygen atoms in total. The van der Waals surface area contributed by atoms with Crippen molar-refractivity contribution in [1.82, 2.24) is 19.8 Å². The molecule has 3 aromatic rings. The minimum Gasteiger partial charge on any atom is -0.373 e. The van der Waals surface area contributed by atoms with Crippen LogP contribution < -0.4 is 5.32 Å². The molecule has 0 saturated carbocycles. The smallest absolute Gasteiger partial charge is 0.269 e. The summed E-state index contributed by atoms with van der Waals surface area (Å²) in [6, 6.07) is 15.4. The Labute approximate surface area is 169 Å². The number of benzene rings is 1. The Kier molecular flexibility index (Phi) is 5.57. The number of morpholine rings is 1. The van der Waals surface area contributed by atoms with Crippen LogP contribution in [-0.4, -0.2) is 58.6 Å². The molecule has 1 fully saturated rings. The van der Waals surface area contributed by atoms with Gasteiger partial charge in [-0.05, 0) is 36.6 Å². The molecule has 150 valence electrons. The normalized spacial score (nSPS) is 16.7. The minimum atomic E-state index is -0.237. The van der Waals surface area contributed by atoms with Crippen LogP contribution in [0.5, 0.6) is 0 Å². The molecule has 1 aromatic carbocycles. The van der Waals surface area contributed by atoms with Crippen molar-refractivity contribution in [2.45, 2.75) is 19.6 Å². The molecule has 0 aliphatic carbocycles. The predicted octanol–water partition coefficient (Wildman–Crippen LogP) is 2.00. The van der Waals surface area contributed by atoms with Gasteiger partial charge >= 0.3 is 0 Å². The van der Waals surface area contributed by atoms with Crippen LogP contribution in [0.3, 0.4) is 0 Å². The lowest BCUT2D eigenvalue weighted by atomic mass is 10.2. The maximum Gasteiger partial charge on any atom is 0.269 e. The van der Waals surface area contributed by atoms with E-state index in [0.29, 0.717) is 38.5 Å². The number of nitrogens with one attached hydrogen (secondary N) is 1. The van der Waals surface area contributed by atoms with E-state index in [1.54, 1.807) is 17.0 Å². The van der Waals surface area contributed by atoms with Crippen molar-refractivity contribution in [3.8, 4) is 0 Å². The summed E-state index contributed by atoms with van der Waals surface area (Å²) in [7, 11) is 0. The molecule has 1 N–H and O–H groups in total. The zero-order valence-corrected chi connectivity index (χ0v) is 16.4. The molecular weight excluding hydrogens is 368 g/mol. The fourth-order valence-electron chi connectivity index (χ4n) is 3.56. The molecule has 4 rings (SSSR count). The summed E-state index contributed by atoms with van der Waals surface area (Å²) in [5.74, 6) is -0.189. The van der Waals surface area contributed by atoms with E-state index < -0.39 is 0 Å². The van der Waals surface area contributed by atoms with Crippen molar-refractivity contribution in [3.63, 3.8) is 0 Å². The molecule has 1 aliphatic rings. The number of nitrogens with zero attached hydrogens (tertiary/aromatic N) is 3. The Balaban J connectivity index is 1.33. The minimum absolute atomic E-state index is 0.0475. The van der Waals surface area contributed by atoms with E-state index >= 15 is 0 Å². The fraction of sp³-hybridized carbons (Fsp3) is 0.318. The van der Waals surface area contributed by atoms with Crippen LogP contribution in [0, 0.1) is 6.92 Å². The molecular formula is C22H24N4O3. The van der Waals surface area contributed by atoms with Gasteiger partial charge in [-0.25, -0.2) is 4.98 Å². The first kappa shape index (κ1) is 19.1. The Morgan fingerprint density at radius 2 is 2.03 bits per heavy atom. The number of ether oxygens (including phenoxy) is 1. The van der Waals surface area contributed by atoms with Crippen molar-refractivity contribution >= 4 is 22.7 Å². The van der Waals surface area contributed by atoms with Gasteiger partial charge in [0.05, 0.1) is 12.7 Å². The second-order valence-corrected chi connectivity index (χ2v) is 7.21. The number of rotatable bonds is 5. The van der Waals surface area contributed by atoms with Crippen LogP contribution in [0.1, 0.15) is 16.2 Å². The zero-order chi connectivity index (χ0) is 20.2. The van der Waals surface area contributed by atoms with Gasteiger partial charge in [0.1, 0.15) is 12.2 Å². The van der Waals surface area contributed by atoms with E-state index in [4.69, 9.17) is 4.74 Å². The molecule has 7 heteroatoms. The first-order valence-corrected chi connectivity index (χ1v) is 9.75. The number of fused-ring (bicyclic) bond motifs is 1. The number of carbonyl (C=O) groups is 2. The molecule has 1 aliphatic heterocycles. The van der Waals surface area contributed by atoms with Crippen LogP contribution in [0.4, 0.5) is 0 Å². The summed E-state index contributed by atoms with van der Waals surface area (Å²) in [5.41, 5.74) is 2.22. The average molecular weight is 392 g/mol. The van der Waals surface area contributed by atoms with E-state index in [9.17, 15) is 9.59 Å². The molecule has 1 saturated heterocycles. The van der Waals surface area contributed by atoms with Gasteiger partial charge in [0.15, 0.2) is 0 Å². The third kappa shape index (κ3) is 4.46. The van der Waals surface area contributed by atoms with Crippen LogP contribution in [0.15, 0.2) is 54.7 Å². The Bertz CT molecular complexity index is 1030.